The van der Waals surface area contributed by atoms with Crippen LogP contribution in [0.15, 0.2) is 18.2 Å². The third-order valence-electron chi connectivity index (χ3n) is 3.01. The molecule has 0 aliphatic carbocycles. The molecule has 0 aliphatic rings. The molecular weight excluding hydrogens is 242 g/mol. The number of phenolic OH excluding ortho intramolecular Hbond substituents is 1. The lowest BCUT2D eigenvalue weighted by Crippen LogP contribution is -2.35. The second-order valence-corrected chi connectivity index (χ2v) is 4.43. The first-order chi connectivity index (χ1) is 9.10. The number of amides is 1. The normalized spacial score (nSPS) is 10.7. The maximum absolute atomic E-state index is 11.9. The van der Waals surface area contributed by atoms with E-state index in [1.165, 1.54) is 0 Å². The molecule has 106 valence electrons. The number of carbonyl (C=O) groups excluding carboxylic acids is 1. The number of nitrogen functional groups attached to an aromatic ring is 1. The van der Waals surface area contributed by atoms with Gasteiger partial charge in [-0.2, -0.15) is 0 Å². The summed E-state index contributed by atoms with van der Waals surface area (Å²) in [5.41, 5.74) is 6.00. The van der Waals surface area contributed by atoms with E-state index in [0.29, 0.717) is 6.54 Å². The van der Waals surface area contributed by atoms with Crippen LogP contribution in [0.1, 0.15) is 30.6 Å². The molecule has 19 heavy (non-hydrogen) atoms. The van der Waals surface area contributed by atoms with Crippen molar-refractivity contribution in [3.05, 3.63) is 23.8 Å². The molecule has 0 aromatic heterocycles. The highest BCUT2D eigenvalue weighted by Crippen LogP contribution is 2.23. The average Bonchev–Trinajstić information content (AvgIpc) is 2.40. The largest absolute Gasteiger partial charge is 0.505 e. The number of nitrogens with one attached hydrogen (secondary N) is 1. The van der Waals surface area contributed by atoms with Crippen molar-refractivity contribution in [3.63, 3.8) is 0 Å². The van der Waals surface area contributed by atoms with Gasteiger partial charge in [0.05, 0.1) is 11.3 Å². The Labute approximate surface area is 114 Å². The lowest BCUT2D eigenvalue weighted by Gasteiger charge is -2.19. The van der Waals surface area contributed by atoms with Gasteiger partial charge in [0.2, 0.25) is 0 Å². The Morgan fingerprint density at radius 2 is 2.11 bits per heavy atom. The fraction of sp³-hybridized carbons (Fsp3) is 0.500. The molecular formula is C14H23N3O2. The molecule has 1 aromatic rings. The van der Waals surface area contributed by atoms with Gasteiger partial charge in [-0.05, 0) is 31.6 Å². The average molecular weight is 265 g/mol. The standard InChI is InChI=1S/C14H23N3O2/c1-3-9-17(4-2)10-8-16-14(19)11-6-5-7-12(15)13(11)18/h5-7,18H,3-4,8-10,15H2,1-2H3,(H,16,19). The van der Waals surface area contributed by atoms with E-state index in [9.17, 15) is 9.90 Å². The van der Waals surface area contributed by atoms with Gasteiger partial charge in [-0.25, -0.2) is 0 Å². The summed E-state index contributed by atoms with van der Waals surface area (Å²) in [7, 11) is 0. The Balaban J connectivity index is 2.49. The lowest BCUT2D eigenvalue weighted by atomic mass is 10.1. The minimum absolute atomic E-state index is 0.152. The Morgan fingerprint density at radius 1 is 1.37 bits per heavy atom. The minimum Gasteiger partial charge on any atom is -0.505 e. The zero-order chi connectivity index (χ0) is 14.3. The number of hydrogen-bond acceptors (Lipinski definition) is 4. The van der Waals surface area contributed by atoms with E-state index in [1.54, 1.807) is 18.2 Å². The molecule has 4 N–H and O–H groups in total. The lowest BCUT2D eigenvalue weighted by molar-refractivity contribution is 0.0946. The second kappa shape index (κ2) is 7.63. The zero-order valence-electron chi connectivity index (χ0n) is 11.6. The molecule has 0 spiro atoms. The third-order valence-corrected chi connectivity index (χ3v) is 3.01. The fourth-order valence-corrected chi connectivity index (χ4v) is 1.91. The number of carbonyl (C=O) groups is 1. The molecule has 5 nitrogen and oxygen atoms in total. The topological polar surface area (TPSA) is 78.6 Å². The molecule has 0 heterocycles. The van der Waals surface area contributed by atoms with Crippen molar-refractivity contribution in [1.29, 1.82) is 0 Å². The quantitative estimate of drug-likeness (QED) is 0.515. The molecule has 0 saturated carbocycles. The van der Waals surface area contributed by atoms with Crippen LogP contribution in [-0.4, -0.2) is 42.1 Å². The highest BCUT2D eigenvalue weighted by molar-refractivity contribution is 5.98. The Morgan fingerprint density at radius 3 is 2.74 bits per heavy atom. The maximum atomic E-state index is 11.9. The van der Waals surface area contributed by atoms with E-state index >= 15 is 0 Å². The number of likely N-dealkylation sites (N-methyl/N-ethyl adjacent to an activating group) is 1. The molecule has 1 rings (SSSR count). The first-order valence-electron chi connectivity index (χ1n) is 6.68. The van der Waals surface area contributed by atoms with E-state index in [1.807, 2.05) is 0 Å². The van der Waals surface area contributed by atoms with Crippen LogP contribution >= 0.6 is 0 Å². The molecule has 1 aromatic carbocycles. The Kier molecular flexibility index (Phi) is 6.15. The van der Waals surface area contributed by atoms with Crippen LogP contribution in [-0.2, 0) is 0 Å². The van der Waals surface area contributed by atoms with Crippen molar-refractivity contribution in [1.82, 2.24) is 10.2 Å². The summed E-state index contributed by atoms with van der Waals surface area (Å²) in [5, 5.41) is 12.5. The molecule has 0 unspecified atom stereocenters. The molecule has 0 fully saturated rings. The summed E-state index contributed by atoms with van der Waals surface area (Å²) in [6.45, 7) is 7.58. The highest BCUT2D eigenvalue weighted by atomic mass is 16.3. The molecule has 5 heteroatoms. The summed E-state index contributed by atoms with van der Waals surface area (Å²) < 4.78 is 0. The molecule has 0 atom stereocenters. The van der Waals surface area contributed by atoms with Crippen LogP contribution in [0, 0.1) is 0 Å². The number of aromatic hydroxyl groups is 1. The van der Waals surface area contributed by atoms with Crippen molar-refractivity contribution < 1.29 is 9.90 Å². The van der Waals surface area contributed by atoms with E-state index in [0.717, 1.165) is 26.1 Å². The second-order valence-electron chi connectivity index (χ2n) is 4.43. The van der Waals surface area contributed by atoms with Gasteiger partial charge in [-0.3, -0.25) is 4.79 Å². The van der Waals surface area contributed by atoms with Crippen molar-refractivity contribution in [2.45, 2.75) is 20.3 Å². The molecule has 0 bridgehead atoms. The smallest absolute Gasteiger partial charge is 0.255 e. The monoisotopic (exact) mass is 265 g/mol. The summed E-state index contributed by atoms with van der Waals surface area (Å²) in [6.07, 6.45) is 1.10. The molecule has 0 saturated heterocycles. The predicted molar refractivity (Wildman–Crippen MR) is 77.3 cm³/mol. The number of rotatable bonds is 7. The predicted octanol–water partition coefficient (Wildman–Crippen LogP) is 1.44. The minimum atomic E-state index is -0.294. The van der Waals surface area contributed by atoms with Crippen LogP contribution < -0.4 is 11.1 Å². The SMILES string of the molecule is CCCN(CC)CCNC(=O)c1cccc(N)c1O. The van der Waals surface area contributed by atoms with Gasteiger partial charge in [0, 0.05) is 13.1 Å². The van der Waals surface area contributed by atoms with Gasteiger partial charge in [0.15, 0.2) is 5.75 Å². The number of nitrogens with two attached hydrogens (primary N) is 1. The number of benzene rings is 1. The number of para-hydroxylation sites is 1. The van der Waals surface area contributed by atoms with Crippen LogP contribution in [0.25, 0.3) is 0 Å². The van der Waals surface area contributed by atoms with Gasteiger partial charge in [0.1, 0.15) is 0 Å². The van der Waals surface area contributed by atoms with Crippen molar-refractivity contribution in [2.24, 2.45) is 0 Å². The van der Waals surface area contributed by atoms with Crippen LogP contribution in [0.5, 0.6) is 5.75 Å². The highest BCUT2D eigenvalue weighted by Gasteiger charge is 2.12. The molecule has 0 aliphatic heterocycles. The Hall–Kier alpha value is -1.75. The fourth-order valence-electron chi connectivity index (χ4n) is 1.91. The van der Waals surface area contributed by atoms with Crippen molar-refractivity contribution >= 4 is 11.6 Å². The number of hydrogen-bond donors (Lipinski definition) is 3. The summed E-state index contributed by atoms with van der Waals surface area (Å²) in [4.78, 5) is 14.2. The van der Waals surface area contributed by atoms with Gasteiger partial charge >= 0.3 is 0 Å². The van der Waals surface area contributed by atoms with E-state index in [2.05, 4.69) is 24.1 Å². The van der Waals surface area contributed by atoms with Crippen LogP contribution in [0.2, 0.25) is 0 Å². The number of anilines is 1. The van der Waals surface area contributed by atoms with Crippen molar-refractivity contribution in [3.8, 4) is 5.75 Å². The van der Waals surface area contributed by atoms with Crippen LogP contribution in [0.3, 0.4) is 0 Å². The van der Waals surface area contributed by atoms with Crippen molar-refractivity contribution in [2.75, 3.05) is 31.9 Å². The van der Waals surface area contributed by atoms with Crippen LogP contribution in [0.4, 0.5) is 5.69 Å². The van der Waals surface area contributed by atoms with E-state index in [-0.39, 0.29) is 22.9 Å². The van der Waals surface area contributed by atoms with Gasteiger partial charge in [-0.15, -0.1) is 0 Å². The maximum Gasteiger partial charge on any atom is 0.255 e. The molecule has 0 radical (unpaired) electrons. The summed E-state index contributed by atoms with van der Waals surface area (Å²) in [5.74, 6) is -0.446. The Bertz CT molecular complexity index is 421. The van der Waals surface area contributed by atoms with Gasteiger partial charge in [-0.1, -0.05) is 19.9 Å². The van der Waals surface area contributed by atoms with Gasteiger partial charge in [0.25, 0.3) is 5.91 Å². The number of nitrogens with zero attached hydrogens (tertiary/aromatic N) is 1. The van der Waals surface area contributed by atoms with Gasteiger partial charge < -0.3 is 21.1 Å². The first kappa shape index (κ1) is 15.3. The number of phenols is 1. The summed E-state index contributed by atoms with van der Waals surface area (Å²) in [6, 6.07) is 4.77. The zero-order valence-corrected chi connectivity index (χ0v) is 11.6. The van der Waals surface area contributed by atoms with E-state index < -0.39 is 0 Å². The third kappa shape index (κ3) is 4.44. The first-order valence-corrected chi connectivity index (χ1v) is 6.68. The summed E-state index contributed by atoms with van der Waals surface area (Å²) >= 11 is 0. The van der Waals surface area contributed by atoms with E-state index in [4.69, 9.17) is 5.73 Å². The molecule has 1 amide bonds.